The number of ether oxygens (including phenoxy) is 1. The third-order valence-electron chi connectivity index (χ3n) is 4.27. The first-order valence-corrected chi connectivity index (χ1v) is 9.64. The van der Waals surface area contributed by atoms with E-state index < -0.39 is 0 Å². The summed E-state index contributed by atoms with van der Waals surface area (Å²) < 4.78 is 5.42. The van der Waals surface area contributed by atoms with E-state index in [-0.39, 0.29) is 0 Å². The zero-order chi connectivity index (χ0) is 20.4. The van der Waals surface area contributed by atoms with E-state index in [1.54, 1.807) is 12.4 Å². The van der Waals surface area contributed by atoms with Crippen LogP contribution in [0.5, 0.6) is 0 Å². The van der Waals surface area contributed by atoms with E-state index in [2.05, 4.69) is 36.0 Å². The Bertz CT molecular complexity index is 919. The molecule has 0 amide bonds. The van der Waals surface area contributed by atoms with Crippen LogP contribution in [0.25, 0.3) is 0 Å². The molecule has 2 N–H and O–H groups in total. The summed E-state index contributed by atoms with van der Waals surface area (Å²) in [6, 6.07) is 19.6. The summed E-state index contributed by atoms with van der Waals surface area (Å²) in [5, 5.41) is 8.46. The van der Waals surface area contributed by atoms with Crippen LogP contribution in [0.1, 0.15) is 11.1 Å². The smallest absolute Gasteiger partial charge is 0.250 e. The Morgan fingerprint density at radius 3 is 1.73 bits per heavy atom. The van der Waals surface area contributed by atoms with Gasteiger partial charge in [0, 0.05) is 13.1 Å². The molecule has 30 heavy (non-hydrogen) atoms. The predicted molar refractivity (Wildman–Crippen MR) is 118 cm³/mol. The molecular formula is C21H22N8O. The first kappa shape index (κ1) is 19.5. The van der Waals surface area contributed by atoms with Crippen molar-refractivity contribution in [3.05, 3.63) is 71.8 Å². The highest BCUT2D eigenvalue weighted by molar-refractivity contribution is 5.80. The standard InChI is InChI=1S/C21H22N8O/c1-3-7-17(8-4-1)15-22-27-19-24-20(28-23-16-18-9-5-2-6-10-18)26-21(25-19)29-11-13-30-14-12-29/h1-10,15-16H,11-14H2,(H2,24,25,26,27,28)/b22-15+,23-16+. The molecule has 0 unspecified atom stereocenters. The van der Waals surface area contributed by atoms with Crippen LogP contribution in [0.2, 0.25) is 0 Å². The first-order chi connectivity index (χ1) is 14.9. The largest absolute Gasteiger partial charge is 0.378 e. The first-order valence-electron chi connectivity index (χ1n) is 9.64. The second-order valence-corrected chi connectivity index (χ2v) is 6.44. The molecule has 0 saturated carbocycles. The quantitative estimate of drug-likeness (QED) is 0.463. The molecule has 1 saturated heterocycles. The molecule has 0 radical (unpaired) electrons. The minimum absolute atomic E-state index is 0.330. The molecule has 2 aromatic carbocycles. The summed E-state index contributed by atoms with van der Waals surface area (Å²) in [6.45, 7) is 2.69. The maximum atomic E-state index is 5.42. The number of morpholine rings is 1. The van der Waals surface area contributed by atoms with E-state index in [1.165, 1.54) is 0 Å². The summed E-state index contributed by atoms with van der Waals surface area (Å²) in [5.41, 5.74) is 7.70. The Morgan fingerprint density at radius 2 is 1.23 bits per heavy atom. The number of rotatable bonds is 7. The molecule has 0 atom stereocenters. The summed E-state index contributed by atoms with van der Waals surface area (Å²) >= 11 is 0. The van der Waals surface area contributed by atoms with Crippen molar-refractivity contribution >= 4 is 30.3 Å². The van der Waals surface area contributed by atoms with Gasteiger partial charge in [-0.05, 0) is 11.1 Å². The average Bonchev–Trinajstić information content (AvgIpc) is 2.81. The number of hydrogen-bond acceptors (Lipinski definition) is 9. The average molecular weight is 402 g/mol. The van der Waals surface area contributed by atoms with Crippen LogP contribution in [-0.2, 0) is 4.74 Å². The molecule has 0 aliphatic carbocycles. The Kier molecular flexibility index (Phi) is 6.54. The van der Waals surface area contributed by atoms with E-state index >= 15 is 0 Å². The Hall–Kier alpha value is -3.85. The highest BCUT2D eigenvalue weighted by Gasteiger charge is 2.16. The molecule has 152 valence electrons. The van der Waals surface area contributed by atoms with Crippen LogP contribution in [0, 0.1) is 0 Å². The van der Waals surface area contributed by atoms with Gasteiger partial charge in [-0.2, -0.15) is 25.2 Å². The normalized spacial score (nSPS) is 14.3. The van der Waals surface area contributed by atoms with Crippen LogP contribution in [0.4, 0.5) is 17.8 Å². The van der Waals surface area contributed by atoms with Crippen LogP contribution in [0.3, 0.4) is 0 Å². The van der Waals surface area contributed by atoms with Gasteiger partial charge in [0.15, 0.2) is 0 Å². The third kappa shape index (κ3) is 5.58. The molecule has 1 aliphatic heterocycles. The minimum atomic E-state index is 0.330. The SMILES string of the molecule is C(=N\Nc1nc(N/N=C/c2ccccc2)nc(N2CCOCC2)n1)/c1ccccc1. The summed E-state index contributed by atoms with van der Waals surface area (Å²) in [6.07, 6.45) is 3.41. The van der Waals surface area contributed by atoms with Crippen LogP contribution in [0.15, 0.2) is 70.9 Å². The van der Waals surface area contributed by atoms with Gasteiger partial charge in [0.1, 0.15) is 0 Å². The molecule has 0 spiro atoms. The van der Waals surface area contributed by atoms with Gasteiger partial charge >= 0.3 is 0 Å². The van der Waals surface area contributed by atoms with Gasteiger partial charge < -0.3 is 9.64 Å². The number of nitrogens with one attached hydrogen (secondary N) is 2. The van der Waals surface area contributed by atoms with Gasteiger partial charge in [-0.25, -0.2) is 10.9 Å². The van der Waals surface area contributed by atoms with E-state index in [1.807, 2.05) is 65.6 Å². The maximum Gasteiger partial charge on any atom is 0.250 e. The lowest BCUT2D eigenvalue weighted by atomic mass is 10.2. The fraction of sp³-hybridized carbons (Fsp3) is 0.190. The number of hydrazone groups is 2. The zero-order valence-electron chi connectivity index (χ0n) is 16.3. The number of hydrogen-bond donors (Lipinski definition) is 2. The lowest BCUT2D eigenvalue weighted by Gasteiger charge is -2.26. The second-order valence-electron chi connectivity index (χ2n) is 6.44. The monoisotopic (exact) mass is 402 g/mol. The van der Waals surface area contributed by atoms with Gasteiger partial charge in [-0.15, -0.1) is 0 Å². The lowest BCUT2D eigenvalue weighted by Crippen LogP contribution is -2.37. The summed E-state index contributed by atoms with van der Waals surface area (Å²) in [4.78, 5) is 15.4. The number of nitrogens with zero attached hydrogens (tertiary/aromatic N) is 6. The van der Waals surface area contributed by atoms with Gasteiger partial charge in [0.25, 0.3) is 0 Å². The van der Waals surface area contributed by atoms with Crippen molar-refractivity contribution in [3.8, 4) is 0 Å². The van der Waals surface area contributed by atoms with Gasteiger partial charge in [0.05, 0.1) is 25.6 Å². The molecule has 1 fully saturated rings. The van der Waals surface area contributed by atoms with Crippen molar-refractivity contribution in [2.24, 2.45) is 10.2 Å². The van der Waals surface area contributed by atoms with Crippen LogP contribution in [-0.4, -0.2) is 53.7 Å². The van der Waals surface area contributed by atoms with Crippen molar-refractivity contribution < 1.29 is 4.74 Å². The minimum Gasteiger partial charge on any atom is -0.378 e. The topological polar surface area (TPSA) is 99.9 Å². The van der Waals surface area contributed by atoms with E-state index in [0.29, 0.717) is 44.1 Å². The van der Waals surface area contributed by atoms with Crippen molar-refractivity contribution in [3.63, 3.8) is 0 Å². The Morgan fingerprint density at radius 1 is 0.733 bits per heavy atom. The summed E-state index contributed by atoms with van der Waals surface area (Å²) in [7, 11) is 0. The van der Waals surface area contributed by atoms with Gasteiger partial charge in [-0.1, -0.05) is 60.7 Å². The molecule has 2 heterocycles. The Labute approximate surface area is 174 Å². The number of anilines is 3. The van der Waals surface area contributed by atoms with Crippen LogP contribution >= 0.6 is 0 Å². The molecular weight excluding hydrogens is 380 g/mol. The van der Waals surface area contributed by atoms with Gasteiger partial charge in [-0.3, -0.25) is 0 Å². The van der Waals surface area contributed by atoms with E-state index in [9.17, 15) is 0 Å². The van der Waals surface area contributed by atoms with E-state index in [0.717, 1.165) is 11.1 Å². The predicted octanol–water partition coefficient (Wildman–Crippen LogP) is 2.60. The van der Waals surface area contributed by atoms with Crippen molar-refractivity contribution in [2.45, 2.75) is 0 Å². The highest BCUT2D eigenvalue weighted by Crippen LogP contribution is 2.15. The van der Waals surface area contributed by atoms with Crippen molar-refractivity contribution in [2.75, 3.05) is 42.1 Å². The second kappa shape index (κ2) is 10.1. The van der Waals surface area contributed by atoms with Crippen molar-refractivity contribution in [1.82, 2.24) is 15.0 Å². The molecule has 0 bridgehead atoms. The number of aromatic nitrogens is 3. The number of benzene rings is 2. The van der Waals surface area contributed by atoms with Crippen LogP contribution < -0.4 is 15.8 Å². The highest BCUT2D eigenvalue weighted by atomic mass is 16.5. The molecule has 9 nitrogen and oxygen atoms in total. The molecule has 3 aromatic rings. The lowest BCUT2D eigenvalue weighted by molar-refractivity contribution is 0.122. The third-order valence-corrected chi connectivity index (χ3v) is 4.27. The van der Waals surface area contributed by atoms with Gasteiger partial charge in [0.2, 0.25) is 17.8 Å². The molecule has 1 aromatic heterocycles. The van der Waals surface area contributed by atoms with E-state index in [4.69, 9.17) is 4.74 Å². The van der Waals surface area contributed by atoms with Crippen molar-refractivity contribution in [1.29, 1.82) is 0 Å². The Balaban J connectivity index is 1.51. The summed E-state index contributed by atoms with van der Waals surface area (Å²) in [5.74, 6) is 1.20. The zero-order valence-corrected chi connectivity index (χ0v) is 16.3. The fourth-order valence-corrected chi connectivity index (χ4v) is 2.78. The molecule has 1 aliphatic rings. The fourth-order valence-electron chi connectivity index (χ4n) is 2.78. The molecule has 9 heteroatoms. The maximum absolute atomic E-state index is 5.42. The molecule has 4 rings (SSSR count).